The van der Waals surface area contributed by atoms with Crippen molar-refractivity contribution in [2.75, 3.05) is 0 Å². The Morgan fingerprint density at radius 1 is 0.906 bits per heavy atom. The topological polar surface area (TPSA) is 80.2 Å². The zero-order valence-corrected chi connectivity index (χ0v) is 20.4. The minimum absolute atomic E-state index is 0. The molecule has 1 N–H and O–H groups in total. The first-order chi connectivity index (χ1) is 15.0. The molecule has 0 unspecified atom stereocenters. The Morgan fingerprint density at radius 3 is 2.41 bits per heavy atom. The average molecular weight is 636 g/mol. The Kier molecular flexibility index (Phi) is 6.33. The van der Waals surface area contributed by atoms with Crippen molar-refractivity contribution in [3.8, 4) is 10.6 Å². The summed E-state index contributed by atoms with van der Waals surface area (Å²) in [6.07, 6.45) is 5.64. The zero-order valence-electron chi connectivity index (χ0n) is 16.4. The molecule has 0 fully saturated rings. The maximum atomic E-state index is 10.3. The maximum Gasteiger partial charge on any atom is 0.312 e. The van der Waals surface area contributed by atoms with Crippen LogP contribution >= 0.6 is 11.3 Å². The van der Waals surface area contributed by atoms with Crippen LogP contribution in [-0.2, 0) is 30.2 Å². The van der Waals surface area contributed by atoms with E-state index in [-0.39, 0.29) is 25.1 Å². The van der Waals surface area contributed by atoms with Crippen LogP contribution in [0.3, 0.4) is 0 Å². The molecule has 3 heterocycles. The van der Waals surface area contributed by atoms with Crippen LogP contribution < -0.4 is 0 Å². The molecule has 8 heteroatoms. The summed E-state index contributed by atoms with van der Waals surface area (Å²) in [6, 6.07) is 24.6. The standard InChI is InChI=1S/C19H10NS.C5H5NO3S.Ir/c1-2-7-17-13(4-1)11-18(21-17)16-10-14-9-8-12-5-3-6-15(20-16)19(12)14;7-10(8,9)5-3-1-2-4-6-5;/h1-10H;1-4H,(H,7,8,9);/q-1;;. The van der Waals surface area contributed by atoms with Gasteiger partial charge in [0, 0.05) is 37.4 Å². The van der Waals surface area contributed by atoms with E-state index in [0.717, 1.165) is 16.1 Å². The van der Waals surface area contributed by atoms with Crippen molar-refractivity contribution in [2.24, 2.45) is 0 Å². The van der Waals surface area contributed by atoms with Gasteiger partial charge in [-0.15, -0.1) is 23.6 Å². The number of thiophene rings is 1. The van der Waals surface area contributed by atoms with E-state index >= 15 is 0 Å². The minimum atomic E-state index is -4.11. The molecule has 0 amide bonds. The van der Waals surface area contributed by atoms with E-state index in [1.54, 1.807) is 17.4 Å². The number of hydrogen-bond acceptors (Lipinski definition) is 5. The fourth-order valence-corrected chi connectivity index (χ4v) is 4.86. The summed E-state index contributed by atoms with van der Waals surface area (Å²) in [4.78, 5) is 9.36. The summed E-state index contributed by atoms with van der Waals surface area (Å²) < 4.78 is 30.3. The smallest absolute Gasteiger partial charge is 0.295 e. The second kappa shape index (κ2) is 9.02. The van der Waals surface area contributed by atoms with Crippen molar-refractivity contribution in [3.63, 3.8) is 0 Å². The number of aromatic nitrogens is 2. The van der Waals surface area contributed by atoms with Crippen LogP contribution in [0.5, 0.6) is 0 Å². The third kappa shape index (κ3) is 4.41. The van der Waals surface area contributed by atoms with E-state index in [9.17, 15) is 8.42 Å². The van der Waals surface area contributed by atoms with Gasteiger partial charge in [-0.25, -0.2) is 16.3 Å². The maximum absolute atomic E-state index is 10.3. The van der Waals surface area contributed by atoms with E-state index in [4.69, 9.17) is 9.54 Å². The van der Waals surface area contributed by atoms with Crippen molar-refractivity contribution in [1.82, 2.24) is 9.97 Å². The first kappa shape index (κ1) is 22.5. The molecule has 5 aromatic rings. The van der Waals surface area contributed by atoms with Gasteiger partial charge in [0.2, 0.25) is 0 Å². The Balaban J connectivity index is 0.000000191. The summed E-state index contributed by atoms with van der Waals surface area (Å²) in [5.41, 5.74) is 4.61. The van der Waals surface area contributed by atoms with E-state index in [1.165, 1.54) is 44.9 Å². The quantitative estimate of drug-likeness (QED) is 0.194. The van der Waals surface area contributed by atoms with Crippen molar-refractivity contribution >= 4 is 54.6 Å². The molecule has 3 aromatic heterocycles. The normalized spacial score (nSPS) is 11.8. The van der Waals surface area contributed by atoms with Crippen LogP contribution in [0.2, 0.25) is 0 Å². The second-order valence-corrected chi connectivity index (χ2v) is 9.29. The van der Waals surface area contributed by atoms with Crippen molar-refractivity contribution in [1.29, 1.82) is 0 Å². The van der Waals surface area contributed by atoms with Gasteiger partial charge < -0.3 is 0 Å². The summed E-state index contributed by atoms with van der Waals surface area (Å²) in [5.74, 6) is 0. The van der Waals surface area contributed by atoms with Crippen molar-refractivity contribution in [2.45, 2.75) is 5.03 Å². The molecule has 0 bridgehead atoms. The predicted molar refractivity (Wildman–Crippen MR) is 124 cm³/mol. The summed E-state index contributed by atoms with van der Waals surface area (Å²) >= 11 is 1.75. The summed E-state index contributed by atoms with van der Waals surface area (Å²) in [5, 5.41) is 2.11. The van der Waals surface area contributed by atoms with Crippen LogP contribution in [0.1, 0.15) is 11.1 Å². The van der Waals surface area contributed by atoms with Crippen molar-refractivity contribution in [3.05, 3.63) is 90.1 Å². The Labute approximate surface area is 202 Å². The Bertz CT molecular complexity index is 1530. The van der Waals surface area contributed by atoms with Gasteiger partial charge in [-0.2, -0.15) is 8.42 Å². The van der Waals surface area contributed by atoms with Crippen LogP contribution in [0.15, 0.2) is 78.0 Å². The largest absolute Gasteiger partial charge is 0.312 e. The fraction of sp³-hybridized carbons (Fsp3) is 0. The van der Waals surface area contributed by atoms with Gasteiger partial charge in [-0.05, 0) is 38.9 Å². The first-order valence-corrected chi connectivity index (χ1v) is 11.7. The number of hydrogen-bond donors (Lipinski definition) is 1. The van der Waals surface area contributed by atoms with E-state index in [2.05, 4.69) is 71.7 Å². The fourth-order valence-electron chi connectivity index (χ4n) is 3.45. The third-order valence-corrected chi connectivity index (χ3v) is 6.68. The van der Waals surface area contributed by atoms with Gasteiger partial charge in [0.15, 0.2) is 5.03 Å². The SMILES string of the molecule is O=S(=O)(O)c1ccccn1.[Ir].[c-]1c(-c2cc3c4c(cccc4n2)C=C3)sc2ccccc12. The molecule has 1 aliphatic carbocycles. The van der Waals surface area contributed by atoms with Gasteiger partial charge in [0.25, 0.3) is 0 Å². The van der Waals surface area contributed by atoms with Gasteiger partial charge in [0.1, 0.15) is 0 Å². The number of fused-ring (bicyclic) bond motifs is 1. The minimum Gasteiger partial charge on any atom is -0.295 e. The van der Waals surface area contributed by atoms with E-state index in [0.29, 0.717) is 0 Å². The number of rotatable bonds is 2. The Morgan fingerprint density at radius 2 is 1.69 bits per heavy atom. The summed E-state index contributed by atoms with van der Waals surface area (Å²) in [6.45, 7) is 0. The molecule has 0 spiro atoms. The number of benzene rings is 2. The molecule has 0 atom stereocenters. The molecule has 0 aliphatic heterocycles. The monoisotopic (exact) mass is 636 g/mol. The van der Waals surface area contributed by atoms with E-state index in [1.807, 2.05) is 0 Å². The third-order valence-electron chi connectivity index (χ3n) is 4.82. The van der Waals surface area contributed by atoms with Crippen LogP contribution in [0.25, 0.3) is 43.7 Å². The first-order valence-electron chi connectivity index (χ1n) is 9.41. The molecule has 1 aliphatic rings. The van der Waals surface area contributed by atoms with Gasteiger partial charge >= 0.3 is 10.1 Å². The summed E-state index contributed by atoms with van der Waals surface area (Å²) in [7, 11) is -4.11. The molecular weight excluding hydrogens is 621 g/mol. The van der Waals surface area contributed by atoms with Crippen LogP contribution in [-0.4, -0.2) is 22.9 Å². The van der Waals surface area contributed by atoms with Gasteiger partial charge in [-0.3, -0.25) is 9.54 Å². The molecule has 32 heavy (non-hydrogen) atoms. The molecule has 1 radical (unpaired) electrons. The van der Waals surface area contributed by atoms with Gasteiger partial charge in [-0.1, -0.05) is 48.6 Å². The van der Waals surface area contributed by atoms with E-state index < -0.39 is 10.1 Å². The molecule has 0 saturated carbocycles. The molecule has 161 valence electrons. The van der Waals surface area contributed by atoms with Gasteiger partial charge in [0.05, 0.1) is 5.52 Å². The van der Waals surface area contributed by atoms with Crippen LogP contribution in [0, 0.1) is 6.07 Å². The average Bonchev–Trinajstić information content (AvgIpc) is 3.40. The zero-order chi connectivity index (χ0) is 21.4. The van der Waals surface area contributed by atoms with Crippen molar-refractivity contribution < 1.29 is 33.1 Å². The predicted octanol–water partition coefficient (Wildman–Crippen LogP) is 5.73. The molecule has 0 saturated heterocycles. The molecule has 5 nitrogen and oxygen atoms in total. The molecule has 6 rings (SSSR count). The Hall–Kier alpha value is -2.74. The molecule has 2 aromatic carbocycles. The molecular formula is C24H15IrN2O3S2-. The second-order valence-electron chi connectivity index (χ2n) is 6.87. The van der Waals surface area contributed by atoms with Crippen LogP contribution in [0.4, 0.5) is 0 Å². The number of pyridine rings is 2. The number of nitrogens with zero attached hydrogens (tertiary/aromatic N) is 2.